The smallest absolute Gasteiger partial charge is 0.0782 e. The van der Waals surface area contributed by atoms with Crippen LogP contribution in [-0.4, -0.2) is 4.40 Å². The summed E-state index contributed by atoms with van der Waals surface area (Å²) in [4.78, 5) is 2.49. The third kappa shape index (κ3) is 3.90. The summed E-state index contributed by atoms with van der Waals surface area (Å²) in [5, 5.41) is 5.16. The fourth-order valence-electron chi connectivity index (χ4n) is 10.2. The second-order valence-electron chi connectivity index (χ2n) is 15.7. The van der Waals surface area contributed by atoms with Crippen LogP contribution in [0.25, 0.3) is 71.5 Å². The molecule has 0 fully saturated rings. The highest BCUT2D eigenvalue weighted by molar-refractivity contribution is 6.25. The second kappa shape index (κ2) is 10.7. The van der Waals surface area contributed by atoms with Gasteiger partial charge in [-0.3, -0.25) is 0 Å². The van der Waals surface area contributed by atoms with Crippen molar-refractivity contribution < 1.29 is 0 Å². The van der Waals surface area contributed by atoms with E-state index in [1.807, 2.05) is 0 Å². The number of hydrogen-bond donors (Lipinski definition) is 0. The maximum absolute atomic E-state index is 2.52. The molecule has 0 radical (unpaired) electrons. The van der Waals surface area contributed by atoms with E-state index in [0.717, 1.165) is 17.8 Å². The van der Waals surface area contributed by atoms with Crippen molar-refractivity contribution in [3.63, 3.8) is 0 Å². The lowest BCUT2D eigenvalue weighted by Crippen LogP contribution is -2.16. The summed E-state index contributed by atoms with van der Waals surface area (Å²) in [5.74, 6) is 0. The van der Waals surface area contributed by atoms with Crippen molar-refractivity contribution in [2.45, 2.75) is 25.7 Å². The summed E-state index contributed by atoms with van der Waals surface area (Å²) < 4.78 is 2.52. The summed E-state index contributed by atoms with van der Waals surface area (Å²) in [6.45, 7) is 4.75. The normalized spacial score (nSPS) is 13.8. The molecule has 8 aromatic carbocycles. The molecule has 0 saturated carbocycles. The Balaban J connectivity index is 1.09. The van der Waals surface area contributed by atoms with E-state index in [1.165, 1.54) is 99.4 Å². The maximum Gasteiger partial charge on any atom is 0.0782 e. The Bertz CT molecular complexity index is 3160. The molecule has 2 aromatic heterocycles. The molecule has 0 N–H and O–H groups in total. The number of anilines is 3. The molecule has 0 bridgehead atoms. The highest BCUT2D eigenvalue weighted by Crippen LogP contribution is 2.53. The molecule has 0 amide bonds. The zero-order chi connectivity index (χ0) is 35.7. The molecule has 0 atom stereocenters. The number of hydrogen-bond acceptors (Lipinski definition) is 1. The fraction of sp³-hybridized carbons (Fsp3) is 0.0769. The summed E-state index contributed by atoms with van der Waals surface area (Å²) in [6, 6.07) is 63.5. The van der Waals surface area contributed by atoms with Gasteiger partial charge in [0.2, 0.25) is 0 Å². The van der Waals surface area contributed by atoms with Crippen LogP contribution in [0, 0.1) is 0 Å². The molecule has 12 rings (SSSR count). The van der Waals surface area contributed by atoms with E-state index in [-0.39, 0.29) is 5.41 Å². The Labute approximate surface area is 314 Å². The molecule has 2 aliphatic rings. The van der Waals surface area contributed by atoms with Crippen molar-refractivity contribution in [3.8, 4) is 33.4 Å². The molecule has 0 saturated heterocycles. The van der Waals surface area contributed by atoms with Crippen LogP contribution in [-0.2, 0) is 11.8 Å². The first kappa shape index (κ1) is 29.9. The number of para-hydroxylation sites is 3. The topological polar surface area (TPSA) is 7.65 Å². The Kier molecular flexibility index (Phi) is 5.93. The standard InChI is InChI=1S/C52H36N2/c1-52(2)46-21-7-5-14-39(46)41-17-9-16-38(49(41)52)32-24-27-35(28-25-32)53(36-29-26-34-30-33-12-3-4-13-37(33)45(34)31-36)48-23-11-20-44-43-19-10-18-42-40-15-6-8-22-47(40)54(50(42)43)51(44)48/h3-29,31H,30H2,1-2H3. The average molecular weight is 689 g/mol. The van der Waals surface area contributed by atoms with E-state index in [9.17, 15) is 0 Å². The zero-order valence-corrected chi connectivity index (χ0v) is 30.3. The Morgan fingerprint density at radius 2 is 1.07 bits per heavy atom. The van der Waals surface area contributed by atoms with Crippen LogP contribution >= 0.6 is 0 Å². The van der Waals surface area contributed by atoms with Gasteiger partial charge in [0.1, 0.15) is 0 Å². The molecule has 54 heavy (non-hydrogen) atoms. The molecule has 2 aliphatic carbocycles. The molecular formula is C52H36N2. The monoisotopic (exact) mass is 688 g/mol. The van der Waals surface area contributed by atoms with E-state index in [0.29, 0.717) is 0 Å². The molecule has 0 aliphatic heterocycles. The van der Waals surface area contributed by atoms with Gasteiger partial charge >= 0.3 is 0 Å². The van der Waals surface area contributed by atoms with Crippen LogP contribution in [0.1, 0.15) is 36.1 Å². The summed E-state index contributed by atoms with van der Waals surface area (Å²) in [5.41, 5.74) is 20.7. The summed E-state index contributed by atoms with van der Waals surface area (Å²) in [6.07, 6.45) is 0.978. The molecule has 0 unspecified atom stereocenters. The lowest BCUT2D eigenvalue weighted by atomic mass is 9.79. The Morgan fingerprint density at radius 3 is 1.94 bits per heavy atom. The largest absolute Gasteiger partial charge is 0.308 e. The van der Waals surface area contributed by atoms with Gasteiger partial charge in [0.15, 0.2) is 0 Å². The summed E-state index contributed by atoms with van der Waals surface area (Å²) in [7, 11) is 0. The van der Waals surface area contributed by atoms with Crippen LogP contribution in [0.15, 0.2) is 170 Å². The quantitative estimate of drug-likeness (QED) is 0.179. The van der Waals surface area contributed by atoms with E-state index in [1.54, 1.807) is 0 Å². The van der Waals surface area contributed by atoms with Crippen LogP contribution in [0.4, 0.5) is 17.1 Å². The molecule has 254 valence electrons. The predicted octanol–water partition coefficient (Wildman–Crippen LogP) is 13.9. The van der Waals surface area contributed by atoms with Gasteiger partial charge in [0.25, 0.3) is 0 Å². The van der Waals surface area contributed by atoms with Crippen LogP contribution in [0.2, 0.25) is 0 Å². The first-order valence-corrected chi connectivity index (χ1v) is 19.1. The highest BCUT2D eigenvalue weighted by Gasteiger charge is 2.37. The predicted molar refractivity (Wildman–Crippen MR) is 227 cm³/mol. The number of aromatic nitrogens is 1. The van der Waals surface area contributed by atoms with Crippen molar-refractivity contribution in [3.05, 3.63) is 192 Å². The van der Waals surface area contributed by atoms with Gasteiger partial charge in [-0.15, -0.1) is 0 Å². The van der Waals surface area contributed by atoms with Crippen molar-refractivity contribution in [2.75, 3.05) is 4.90 Å². The maximum atomic E-state index is 2.52. The van der Waals surface area contributed by atoms with E-state index in [4.69, 9.17) is 0 Å². The van der Waals surface area contributed by atoms with Crippen molar-refractivity contribution in [1.29, 1.82) is 0 Å². The van der Waals surface area contributed by atoms with Crippen molar-refractivity contribution in [1.82, 2.24) is 4.40 Å². The van der Waals surface area contributed by atoms with Gasteiger partial charge in [0.05, 0.1) is 22.2 Å². The van der Waals surface area contributed by atoms with Crippen molar-refractivity contribution >= 4 is 55.2 Å². The van der Waals surface area contributed by atoms with E-state index >= 15 is 0 Å². The van der Waals surface area contributed by atoms with Gasteiger partial charge in [-0.05, 0) is 98.5 Å². The van der Waals surface area contributed by atoms with Gasteiger partial charge in [-0.25, -0.2) is 0 Å². The SMILES string of the molecule is CC1(C)c2ccccc2-c2cccc(-c3ccc(N(c4ccc5c(c4)-c4ccccc4C5)c4cccc5c6cccc7c8ccccc8n(c45)c76)cc3)c21. The van der Waals surface area contributed by atoms with Gasteiger partial charge in [-0.1, -0.05) is 147 Å². The molecule has 2 heteroatoms. The number of rotatable bonds is 4. The lowest BCUT2D eigenvalue weighted by Gasteiger charge is -2.28. The Morgan fingerprint density at radius 1 is 0.463 bits per heavy atom. The molecule has 10 aromatic rings. The van der Waals surface area contributed by atoms with E-state index < -0.39 is 0 Å². The number of benzene rings is 8. The Hall–Kier alpha value is -6.64. The fourth-order valence-corrected chi connectivity index (χ4v) is 10.2. The summed E-state index contributed by atoms with van der Waals surface area (Å²) >= 11 is 0. The van der Waals surface area contributed by atoms with Crippen LogP contribution in [0.3, 0.4) is 0 Å². The van der Waals surface area contributed by atoms with E-state index in [2.05, 4.69) is 193 Å². The highest BCUT2D eigenvalue weighted by atomic mass is 15.2. The minimum absolute atomic E-state index is 0.0849. The number of nitrogens with zero attached hydrogens (tertiary/aromatic N) is 2. The number of fused-ring (bicyclic) bond motifs is 12. The molecular weight excluding hydrogens is 653 g/mol. The molecule has 2 heterocycles. The van der Waals surface area contributed by atoms with Crippen LogP contribution in [0.5, 0.6) is 0 Å². The van der Waals surface area contributed by atoms with Gasteiger partial charge in [-0.2, -0.15) is 0 Å². The van der Waals surface area contributed by atoms with Crippen LogP contribution < -0.4 is 4.90 Å². The first-order chi connectivity index (χ1) is 26.6. The minimum atomic E-state index is -0.0849. The molecule has 0 spiro atoms. The third-order valence-corrected chi connectivity index (χ3v) is 12.5. The first-order valence-electron chi connectivity index (χ1n) is 19.1. The minimum Gasteiger partial charge on any atom is -0.308 e. The molecule has 2 nitrogen and oxygen atoms in total. The van der Waals surface area contributed by atoms with Crippen molar-refractivity contribution in [2.24, 2.45) is 0 Å². The zero-order valence-electron chi connectivity index (χ0n) is 30.3. The van der Waals surface area contributed by atoms with Gasteiger partial charge < -0.3 is 9.30 Å². The third-order valence-electron chi connectivity index (χ3n) is 12.5. The van der Waals surface area contributed by atoms with Gasteiger partial charge in [0, 0.05) is 38.3 Å². The second-order valence-corrected chi connectivity index (χ2v) is 15.7. The lowest BCUT2D eigenvalue weighted by molar-refractivity contribution is 0.662. The average Bonchev–Trinajstić information content (AvgIpc) is 3.93.